The fourth-order valence-electron chi connectivity index (χ4n) is 0.743. The molecule has 1 rings (SSSR count). The summed E-state index contributed by atoms with van der Waals surface area (Å²) < 4.78 is 31.6. The molecule has 14 heavy (non-hydrogen) atoms. The van der Waals surface area contributed by atoms with E-state index >= 15 is 0 Å². The minimum absolute atomic E-state index is 0.104. The second-order valence-corrected chi connectivity index (χ2v) is 3.37. The summed E-state index contributed by atoms with van der Waals surface area (Å²) in [7, 11) is -4.67. The number of aromatic hydroxyl groups is 2. The van der Waals surface area contributed by atoms with Crippen molar-refractivity contribution in [1.82, 2.24) is 0 Å². The maximum Gasteiger partial charge on any atom is 0.394 e. The monoisotopic (exact) mass is 222 g/mol. The number of aryl methyl sites for hydroxylation is 1. The topological polar surface area (TPSA) is 115 Å². The van der Waals surface area contributed by atoms with Crippen molar-refractivity contribution in [3.63, 3.8) is 0 Å². The van der Waals surface area contributed by atoms with Gasteiger partial charge in [0.2, 0.25) is 0 Å². The Hall–Kier alpha value is -1.31. The molecule has 1 aromatic carbocycles. The van der Waals surface area contributed by atoms with Crippen molar-refractivity contribution in [2.75, 3.05) is 0 Å². The van der Waals surface area contributed by atoms with Crippen LogP contribution in [0.1, 0.15) is 5.56 Å². The summed E-state index contributed by atoms with van der Waals surface area (Å²) in [6.45, 7) is 1.80. The van der Waals surface area contributed by atoms with E-state index in [1.165, 1.54) is 6.07 Å². The molecule has 0 radical (unpaired) electrons. The predicted octanol–water partition coefficient (Wildman–Crippen LogP) is 0.753. The minimum Gasteiger partial charge on any atom is -0.508 e. The van der Waals surface area contributed by atoms with E-state index in [4.69, 9.17) is 27.7 Å². The highest BCUT2D eigenvalue weighted by Crippen LogP contribution is 2.18. The molecule has 0 saturated heterocycles. The second kappa shape index (κ2) is 4.80. The van der Waals surface area contributed by atoms with Gasteiger partial charge < -0.3 is 10.2 Å². The molecular formula is C7H10O6S. The molecule has 6 nitrogen and oxygen atoms in total. The Balaban J connectivity index is 0.000000292. The summed E-state index contributed by atoms with van der Waals surface area (Å²) >= 11 is 0. The van der Waals surface area contributed by atoms with Crippen LogP contribution in [0.2, 0.25) is 0 Å². The summed E-state index contributed by atoms with van der Waals surface area (Å²) in [5.41, 5.74) is 0.854. The number of rotatable bonds is 0. The zero-order valence-electron chi connectivity index (χ0n) is 7.25. The average Bonchev–Trinajstić information content (AvgIpc) is 1.77. The highest BCUT2D eigenvalue weighted by molar-refractivity contribution is 7.79. The van der Waals surface area contributed by atoms with Crippen LogP contribution in [0, 0.1) is 6.92 Å². The van der Waals surface area contributed by atoms with Gasteiger partial charge in [0.15, 0.2) is 0 Å². The Bertz CT molecular complexity index is 338. The molecule has 7 heteroatoms. The first-order valence-electron chi connectivity index (χ1n) is 3.38. The van der Waals surface area contributed by atoms with Gasteiger partial charge in [0, 0.05) is 6.07 Å². The lowest BCUT2D eigenvalue weighted by atomic mass is 10.2. The molecule has 0 atom stereocenters. The van der Waals surface area contributed by atoms with Crippen LogP contribution in [0.3, 0.4) is 0 Å². The van der Waals surface area contributed by atoms with E-state index in [0.717, 1.165) is 5.56 Å². The van der Waals surface area contributed by atoms with Crippen LogP contribution in [-0.2, 0) is 10.4 Å². The Labute approximate surface area is 81.0 Å². The lowest BCUT2D eigenvalue weighted by molar-refractivity contribution is 0.381. The van der Waals surface area contributed by atoms with Crippen molar-refractivity contribution in [2.24, 2.45) is 0 Å². The van der Waals surface area contributed by atoms with Crippen LogP contribution in [0.15, 0.2) is 18.2 Å². The highest BCUT2D eigenvalue weighted by Gasteiger charge is 1.91. The third-order valence-corrected chi connectivity index (χ3v) is 1.05. The quantitative estimate of drug-likeness (QED) is 0.481. The third-order valence-electron chi connectivity index (χ3n) is 1.05. The first kappa shape index (κ1) is 12.7. The average molecular weight is 222 g/mol. The van der Waals surface area contributed by atoms with Gasteiger partial charge in [0.1, 0.15) is 11.5 Å². The lowest BCUT2D eigenvalue weighted by Crippen LogP contribution is -1.89. The van der Waals surface area contributed by atoms with Gasteiger partial charge in [-0.15, -0.1) is 0 Å². The van der Waals surface area contributed by atoms with Crippen LogP contribution in [0.4, 0.5) is 0 Å². The molecule has 4 N–H and O–H groups in total. The molecule has 0 unspecified atom stereocenters. The molecule has 0 aliphatic carbocycles. The summed E-state index contributed by atoms with van der Waals surface area (Å²) in [5, 5.41) is 17.7. The summed E-state index contributed by atoms with van der Waals surface area (Å²) in [6, 6.07) is 4.46. The van der Waals surface area contributed by atoms with E-state index in [9.17, 15) is 0 Å². The van der Waals surface area contributed by atoms with Gasteiger partial charge >= 0.3 is 10.4 Å². The molecule has 0 fully saturated rings. The fourth-order valence-corrected chi connectivity index (χ4v) is 0.743. The van der Waals surface area contributed by atoms with E-state index in [2.05, 4.69) is 0 Å². The number of phenols is 2. The Morgan fingerprint density at radius 2 is 1.29 bits per heavy atom. The Morgan fingerprint density at radius 3 is 1.50 bits per heavy atom. The van der Waals surface area contributed by atoms with E-state index in [0.29, 0.717) is 0 Å². The maximum absolute atomic E-state index is 8.83. The fraction of sp³-hybridized carbons (Fsp3) is 0.143. The van der Waals surface area contributed by atoms with Gasteiger partial charge in [-0.25, -0.2) is 0 Å². The molecule has 0 aliphatic heterocycles. The van der Waals surface area contributed by atoms with Crippen LogP contribution in [-0.4, -0.2) is 27.7 Å². The van der Waals surface area contributed by atoms with Crippen LogP contribution < -0.4 is 0 Å². The lowest BCUT2D eigenvalue weighted by Gasteiger charge is -1.94. The van der Waals surface area contributed by atoms with Crippen molar-refractivity contribution in [3.05, 3.63) is 23.8 Å². The van der Waals surface area contributed by atoms with Crippen molar-refractivity contribution < 1.29 is 27.7 Å². The Morgan fingerprint density at radius 1 is 1.00 bits per heavy atom. The molecule has 0 saturated carbocycles. The zero-order chi connectivity index (χ0) is 11.4. The van der Waals surface area contributed by atoms with E-state index in [1.54, 1.807) is 19.1 Å². The van der Waals surface area contributed by atoms with Crippen molar-refractivity contribution in [1.29, 1.82) is 0 Å². The summed E-state index contributed by atoms with van der Waals surface area (Å²) in [6.07, 6.45) is 0. The number of benzene rings is 1. The van der Waals surface area contributed by atoms with Gasteiger partial charge in [-0.1, -0.05) is 0 Å². The smallest absolute Gasteiger partial charge is 0.394 e. The van der Waals surface area contributed by atoms with E-state index in [1.807, 2.05) is 0 Å². The molecule has 0 amide bonds. The largest absolute Gasteiger partial charge is 0.508 e. The summed E-state index contributed by atoms with van der Waals surface area (Å²) in [4.78, 5) is 0. The van der Waals surface area contributed by atoms with Crippen LogP contribution in [0.5, 0.6) is 11.5 Å². The third kappa shape index (κ3) is 8.78. The highest BCUT2D eigenvalue weighted by atomic mass is 32.3. The van der Waals surface area contributed by atoms with Gasteiger partial charge in [0.25, 0.3) is 0 Å². The SMILES string of the molecule is Cc1cc(O)cc(O)c1.O=S(=O)(O)O. The molecule has 1 aromatic rings. The minimum atomic E-state index is -4.67. The number of hydrogen-bond donors (Lipinski definition) is 4. The van der Waals surface area contributed by atoms with Crippen LogP contribution in [0.25, 0.3) is 0 Å². The van der Waals surface area contributed by atoms with E-state index in [-0.39, 0.29) is 11.5 Å². The van der Waals surface area contributed by atoms with Gasteiger partial charge in [0.05, 0.1) is 0 Å². The number of phenolic OH excluding ortho intramolecular Hbond substituents is 2. The van der Waals surface area contributed by atoms with Gasteiger partial charge in [-0.2, -0.15) is 8.42 Å². The van der Waals surface area contributed by atoms with Crippen molar-refractivity contribution in [2.45, 2.75) is 6.92 Å². The predicted molar refractivity (Wildman–Crippen MR) is 48.7 cm³/mol. The molecule has 0 aliphatic rings. The standard InChI is InChI=1S/C7H8O2.H2O4S/c1-5-2-6(8)4-7(9)3-5;1-5(2,3)4/h2-4,8-9H,1H3;(H2,1,2,3,4). The normalized spacial score (nSPS) is 10.2. The second-order valence-electron chi connectivity index (χ2n) is 2.47. The molecule has 0 heterocycles. The molecular weight excluding hydrogens is 212 g/mol. The first-order valence-corrected chi connectivity index (χ1v) is 4.77. The molecule has 80 valence electrons. The van der Waals surface area contributed by atoms with Crippen molar-refractivity contribution >= 4 is 10.4 Å². The van der Waals surface area contributed by atoms with E-state index < -0.39 is 10.4 Å². The Kier molecular flexibility index (Phi) is 4.35. The number of hydrogen-bond acceptors (Lipinski definition) is 4. The molecule has 0 bridgehead atoms. The zero-order valence-corrected chi connectivity index (χ0v) is 8.06. The summed E-state index contributed by atoms with van der Waals surface area (Å²) in [5.74, 6) is 0.208. The van der Waals surface area contributed by atoms with Crippen molar-refractivity contribution in [3.8, 4) is 11.5 Å². The maximum atomic E-state index is 8.83. The van der Waals surface area contributed by atoms with Crippen LogP contribution >= 0.6 is 0 Å². The molecule has 0 spiro atoms. The first-order chi connectivity index (χ1) is 6.18. The van der Waals surface area contributed by atoms with Gasteiger partial charge in [-0.05, 0) is 24.6 Å². The molecule has 0 aromatic heterocycles. The van der Waals surface area contributed by atoms with Gasteiger partial charge in [-0.3, -0.25) is 9.11 Å².